The average Bonchev–Trinajstić information content (AvgIpc) is 2.58. The van der Waals surface area contributed by atoms with E-state index in [1.807, 2.05) is 0 Å². The van der Waals surface area contributed by atoms with Crippen LogP contribution in [0.25, 0.3) is 0 Å². The Labute approximate surface area is 135 Å². The van der Waals surface area contributed by atoms with Crippen LogP contribution < -0.4 is 5.32 Å². The molecule has 0 aliphatic rings. The number of ether oxygens (including phenoxy) is 1. The fourth-order valence-corrected chi connectivity index (χ4v) is 1.96. The Kier molecular flexibility index (Phi) is 5.18. The van der Waals surface area contributed by atoms with Crippen LogP contribution in [0.2, 0.25) is 0 Å². The zero-order chi connectivity index (χ0) is 17.7. The van der Waals surface area contributed by atoms with Crippen LogP contribution in [-0.4, -0.2) is 24.0 Å². The van der Waals surface area contributed by atoms with Gasteiger partial charge in [0.25, 0.3) is 5.91 Å². The Balaban J connectivity index is 2.08. The van der Waals surface area contributed by atoms with Crippen LogP contribution >= 0.6 is 0 Å². The number of rotatable bonds is 4. The van der Waals surface area contributed by atoms with Gasteiger partial charge in [0.15, 0.2) is 0 Å². The van der Waals surface area contributed by atoms with E-state index in [4.69, 9.17) is 0 Å². The molecular weight excluding hydrogens is 325 g/mol. The summed E-state index contributed by atoms with van der Waals surface area (Å²) in [4.78, 5) is 26.8. The van der Waals surface area contributed by atoms with Crippen LogP contribution in [0.3, 0.4) is 0 Å². The van der Waals surface area contributed by atoms with Crippen LogP contribution in [0.4, 0.5) is 13.2 Å². The van der Waals surface area contributed by atoms with Crippen molar-refractivity contribution < 1.29 is 27.5 Å². The third-order valence-corrected chi connectivity index (χ3v) is 3.16. The molecule has 5 nitrogen and oxygen atoms in total. The second kappa shape index (κ2) is 7.12. The van der Waals surface area contributed by atoms with Crippen LogP contribution in [0.15, 0.2) is 42.6 Å². The molecule has 0 aliphatic heterocycles. The van der Waals surface area contributed by atoms with E-state index in [2.05, 4.69) is 15.0 Å². The quantitative estimate of drug-likeness (QED) is 0.871. The molecule has 8 heteroatoms. The number of alkyl halides is 3. The molecule has 0 unspecified atom stereocenters. The molecule has 0 saturated carbocycles. The van der Waals surface area contributed by atoms with E-state index in [1.165, 1.54) is 19.2 Å². The van der Waals surface area contributed by atoms with Crippen molar-refractivity contribution in [3.63, 3.8) is 0 Å². The Morgan fingerprint density at radius 2 is 1.83 bits per heavy atom. The summed E-state index contributed by atoms with van der Waals surface area (Å²) >= 11 is 0. The highest BCUT2D eigenvalue weighted by Crippen LogP contribution is 2.30. The minimum absolute atomic E-state index is 0.00580. The molecule has 2 aromatic rings. The van der Waals surface area contributed by atoms with E-state index in [-0.39, 0.29) is 6.54 Å². The number of aromatic nitrogens is 1. The summed E-state index contributed by atoms with van der Waals surface area (Å²) in [6, 6.07) is 8.04. The Hall–Kier alpha value is -2.90. The van der Waals surface area contributed by atoms with Gasteiger partial charge < -0.3 is 10.1 Å². The van der Waals surface area contributed by atoms with Crippen molar-refractivity contribution in [1.29, 1.82) is 0 Å². The number of nitrogens with zero attached hydrogens (tertiary/aromatic N) is 1. The van der Waals surface area contributed by atoms with Gasteiger partial charge in [0.1, 0.15) is 5.69 Å². The van der Waals surface area contributed by atoms with Crippen molar-refractivity contribution in [2.45, 2.75) is 12.7 Å². The lowest BCUT2D eigenvalue weighted by atomic mass is 10.1. The SMILES string of the molecule is COC(=O)c1ccc(CNC(=O)c2ncccc2C(F)(F)F)cc1. The number of pyridine rings is 1. The summed E-state index contributed by atoms with van der Waals surface area (Å²) in [7, 11) is 1.25. The molecule has 0 saturated heterocycles. The molecule has 0 aliphatic carbocycles. The second-order valence-electron chi connectivity index (χ2n) is 4.77. The molecule has 24 heavy (non-hydrogen) atoms. The van der Waals surface area contributed by atoms with Crippen molar-refractivity contribution in [3.8, 4) is 0 Å². The van der Waals surface area contributed by atoms with Gasteiger partial charge in [-0.15, -0.1) is 0 Å². The lowest BCUT2D eigenvalue weighted by Crippen LogP contribution is -2.27. The fourth-order valence-electron chi connectivity index (χ4n) is 1.96. The monoisotopic (exact) mass is 338 g/mol. The van der Waals surface area contributed by atoms with Crippen molar-refractivity contribution in [2.24, 2.45) is 0 Å². The van der Waals surface area contributed by atoms with Crippen molar-refractivity contribution in [3.05, 3.63) is 65.0 Å². The predicted molar refractivity (Wildman–Crippen MR) is 78.2 cm³/mol. The smallest absolute Gasteiger partial charge is 0.418 e. The lowest BCUT2D eigenvalue weighted by Gasteiger charge is -2.11. The third kappa shape index (κ3) is 4.09. The molecule has 0 spiro atoms. The average molecular weight is 338 g/mol. The molecule has 0 bridgehead atoms. The Morgan fingerprint density at radius 3 is 2.42 bits per heavy atom. The summed E-state index contributed by atoms with van der Waals surface area (Å²) in [5.41, 5.74) is -0.836. The van der Waals surface area contributed by atoms with Gasteiger partial charge in [-0.1, -0.05) is 12.1 Å². The van der Waals surface area contributed by atoms with Crippen molar-refractivity contribution >= 4 is 11.9 Å². The summed E-state index contributed by atoms with van der Waals surface area (Å²) < 4.78 is 43.1. The minimum atomic E-state index is -4.66. The number of benzene rings is 1. The highest BCUT2D eigenvalue weighted by Gasteiger charge is 2.35. The largest absolute Gasteiger partial charge is 0.465 e. The zero-order valence-electron chi connectivity index (χ0n) is 12.6. The summed E-state index contributed by atoms with van der Waals surface area (Å²) in [5.74, 6) is -1.44. The zero-order valence-corrected chi connectivity index (χ0v) is 12.6. The lowest BCUT2D eigenvalue weighted by molar-refractivity contribution is -0.138. The van der Waals surface area contributed by atoms with Crippen molar-refractivity contribution in [2.75, 3.05) is 7.11 Å². The Bertz CT molecular complexity index is 743. The molecule has 0 fully saturated rings. The molecule has 1 heterocycles. The van der Waals surface area contributed by atoms with Gasteiger partial charge >= 0.3 is 12.1 Å². The molecule has 2 rings (SSSR count). The van der Waals surface area contributed by atoms with Crippen LogP contribution in [0, 0.1) is 0 Å². The number of carbonyl (C=O) groups is 2. The summed E-state index contributed by atoms with van der Waals surface area (Å²) in [6.07, 6.45) is -3.54. The van der Waals surface area contributed by atoms with Gasteiger partial charge in [-0.05, 0) is 29.8 Å². The van der Waals surface area contributed by atoms with Crippen molar-refractivity contribution in [1.82, 2.24) is 10.3 Å². The first kappa shape index (κ1) is 17.5. The van der Waals surface area contributed by atoms with E-state index in [0.29, 0.717) is 11.1 Å². The van der Waals surface area contributed by atoms with E-state index >= 15 is 0 Å². The molecule has 1 amide bonds. The number of hydrogen-bond donors (Lipinski definition) is 1. The Morgan fingerprint density at radius 1 is 1.17 bits per heavy atom. The molecule has 1 aromatic carbocycles. The molecule has 1 aromatic heterocycles. The van der Waals surface area contributed by atoms with Gasteiger partial charge in [-0.3, -0.25) is 9.78 Å². The maximum Gasteiger partial charge on any atom is 0.418 e. The topological polar surface area (TPSA) is 68.3 Å². The van der Waals surface area contributed by atoms with Gasteiger partial charge in [0, 0.05) is 12.7 Å². The van der Waals surface area contributed by atoms with E-state index in [0.717, 1.165) is 18.3 Å². The van der Waals surface area contributed by atoms with E-state index < -0.39 is 29.3 Å². The molecule has 1 N–H and O–H groups in total. The van der Waals surface area contributed by atoms with Gasteiger partial charge in [0.2, 0.25) is 0 Å². The number of amides is 1. The molecule has 126 valence electrons. The molecular formula is C16H13F3N2O3. The first-order valence-corrected chi connectivity index (χ1v) is 6.80. The van der Waals surface area contributed by atoms with Crippen LogP contribution in [0.5, 0.6) is 0 Å². The predicted octanol–water partition coefficient (Wildman–Crippen LogP) is 2.82. The van der Waals surface area contributed by atoms with Gasteiger partial charge in [-0.2, -0.15) is 13.2 Å². The summed E-state index contributed by atoms with van der Waals surface area (Å²) in [5, 5.41) is 2.37. The molecule has 0 atom stereocenters. The highest BCUT2D eigenvalue weighted by atomic mass is 19.4. The number of nitrogens with one attached hydrogen (secondary N) is 1. The number of esters is 1. The third-order valence-electron chi connectivity index (χ3n) is 3.16. The normalized spacial score (nSPS) is 11.0. The first-order valence-electron chi connectivity index (χ1n) is 6.80. The minimum Gasteiger partial charge on any atom is -0.465 e. The van der Waals surface area contributed by atoms with E-state index in [9.17, 15) is 22.8 Å². The number of carbonyl (C=O) groups excluding carboxylic acids is 2. The van der Waals surface area contributed by atoms with Crippen LogP contribution in [-0.2, 0) is 17.5 Å². The van der Waals surface area contributed by atoms with Gasteiger partial charge in [-0.25, -0.2) is 4.79 Å². The second-order valence-corrected chi connectivity index (χ2v) is 4.77. The highest BCUT2D eigenvalue weighted by molar-refractivity contribution is 5.93. The first-order chi connectivity index (χ1) is 11.3. The number of hydrogen-bond acceptors (Lipinski definition) is 4. The van der Waals surface area contributed by atoms with E-state index in [1.54, 1.807) is 12.1 Å². The molecule has 0 radical (unpaired) electrons. The maximum absolute atomic E-state index is 12.9. The number of methoxy groups -OCH3 is 1. The maximum atomic E-state index is 12.9. The fraction of sp³-hybridized carbons (Fsp3) is 0.188. The van der Waals surface area contributed by atoms with Gasteiger partial charge in [0.05, 0.1) is 18.2 Å². The van der Waals surface area contributed by atoms with Crippen LogP contribution in [0.1, 0.15) is 32.0 Å². The number of halogens is 3. The standard InChI is InChI=1S/C16H13F3N2O3/c1-24-15(23)11-6-4-10(5-7-11)9-21-14(22)13-12(16(17,18)19)3-2-8-20-13/h2-8H,9H2,1H3,(H,21,22). The summed E-state index contributed by atoms with van der Waals surface area (Å²) in [6.45, 7) is -0.00580.